The van der Waals surface area contributed by atoms with Gasteiger partial charge in [0.2, 0.25) is 11.8 Å². The van der Waals surface area contributed by atoms with Gasteiger partial charge in [-0.2, -0.15) is 0 Å². The molecule has 1 fully saturated rings. The summed E-state index contributed by atoms with van der Waals surface area (Å²) in [6.45, 7) is 2.45. The number of carboxylic acid groups (broad SMARTS) is 1. The zero-order chi connectivity index (χ0) is 14.3. The van der Waals surface area contributed by atoms with E-state index in [0.717, 1.165) is 19.3 Å². The molecule has 1 aliphatic heterocycles. The van der Waals surface area contributed by atoms with Crippen molar-refractivity contribution < 1.29 is 19.5 Å². The minimum absolute atomic E-state index is 0.0735. The lowest BCUT2D eigenvalue weighted by Gasteiger charge is -2.21. The third kappa shape index (κ3) is 5.41. The molecule has 1 aliphatic rings. The van der Waals surface area contributed by atoms with E-state index in [0.29, 0.717) is 32.2 Å². The summed E-state index contributed by atoms with van der Waals surface area (Å²) in [7, 11) is 0. The molecule has 1 saturated heterocycles. The first-order valence-corrected chi connectivity index (χ1v) is 7.09. The lowest BCUT2D eigenvalue weighted by molar-refractivity contribution is -0.144. The van der Waals surface area contributed by atoms with Crippen molar-refractivity contribution in [3.8, 4) is 0 Å². The van der Waals surface area contributed by atoms with E-state index in [1.165, 1.54) is 4.90 Å². The lowest BCUT2D eigenvalue weighted by Crippen LogP contribution is -2.36. The lowest BCUT2D eigenvalue weighted by atomic mass is 9.96. The normalized spacial score (nSPS) is 18.3. The molecule has 0 aromatic carbocycles. The molecule has 0 aliphatic carbocycles. The van der Waals surface area contributed by atoms with Gasteiger partial charge >= 0.3 is 5.97 Å². The number of imide groups is 1. The molecule has 2 amide bonds. The Balaban J connectivity index is 2.45. The summed E-state index contributed by atoms with van der Waals surface area (Å²) in [5.41, 5.74) is 0. The molecule has 0 spiro atoms. The van der Waals surface area contributed by atoms with Crippen LogP contribution in [0.1, 0.15) is 58.3 Å². The Hall–Kier alpha value is -1.39. The maximum absolute atomic E-state index is 11.8. The van der Waals surface area contributed by atoms with Crippen molar-refractivity contribution in [3.05, 3.63) is 0 Å². The van der Waals surface area contributed by atoms with Crippen LogP contribution >= 0.6 is 0 Å². The van der Waals surface area contributed by atoms with Crippen LogP contribution in [-0.2, 0) is 14.4 Å². The molecule has 5 nitrogen and oxygen atoms in total. The van der Waals surface area contributed by atoms with Crippen molar-refractivity contribution in [1.29, 1.82) is 0 Å². The Kier molecular flexibility index (Phi) is 6.53. The van der Waals surface area contributed by atoms with Gasteiger partial charge in [-0.25, -0.2) is 0 Å². The fourth-order valence-corrected chi connectivity index (χ4v) is 2.40. The van der Waals surface area contributed by atoms with E-state index in [1.54, 1.807) is 0 Å². The van der Waals surface area contributed by atoms with Crippen LogP contribution in [0.3, 0.4) is 0 Å². The third-order valence-corrected chi connectivity index (χ3v) is 3.74. The van der Waals surface area contributed by atoms with Crippen LogP contribution in [0.5, 0.6) is 0 Å². The number of carbonyl (C=O) groups excluding carboxylic acids is 2. The summed E-state index contributed by atoms with van der Waals surface area (Å²) in [5, 5.41) is 8.68. The van der Waals surface area contributed by atoms with Gasteiger partial charge in [0, 0.05) is 25.8 Å². The van der Waals surface area contributed by atoms with Crippen molar-refractivity contribution in [2.24, 2.45) is 5.92 Å². The molecule has 5 heteroatoms. The largest absolute Gasteiger partial charge is 0.481 e. The third-order valence-electron chi connectivity index (χ3n) is 3.74. The molecule has 0 aromatic heterocycles. The van der Waals surface area contributed by atoms with Gasteiger partial charge in [0.25, 0.3) is 0 Å². The van der Waals surface area contributed by atoms with E-state index >= 15 is 0 Å². The molecule has 19 heavy (non-hydrogen) atoms. The molecular formula is C14H23NO4. The number of amides is 2. The Labute approximate surface area is 114 Å². The molecule has 0 aromatic rings. The highest BCUT2D eigenvalue weighted by Crippen LogP contribution is 2.19. The van der Waals surface area contributed by atoms with E-state index < -0.39 is 5.97 Å². The zero-order valence-corrected chi connectivity index (χ0v) is 11.6. The molecule has 0 radical (unpaired) electrons. The van der Waals surface area contributed by atoms with Gasteiger partial charge in [-0.3, -0.25) is 19.3 Å². The van der Waals surface area contributed by atoms with Gasteiger partial charge in [0.1, 0.15) is 0 Å². The number of rotatable bonds is 7. The number of hydrogen-bond acceptors (Lipinski definition) is 3. The Morgan fingerprint density at radius 3 is 2.26 bits per heavy atom. The van der Waals surface area contributed by atoms with Crippen molar-refractivity contribution >= 4 is 17.8 Å². The SMILES string of the molecule is CCC(CCC(=O)O)CCN1C(=O)CCCCC1=O. The summed E-state index contributed by atoms with van der Waals surface area (Å²) in [6.07, 6.45) is 4.84. The van der Waals surface area contributed by atoms with Crippen LogP contribution < -0.4 is 0 Å². The fraction of sp³-hybridized carbons (Fsp3) is 0.786. The number of carboxylic acids is 1. The molecule has 108 valence electrons. The van der Waals surface area contributed by atoms with Crippen LogP contribution in [-0.4, -0.2) is 34.3 Å². The maximum Gasteiger partial charge on any atom is 0.303 e. The number of hydrogen-bond donors (Lipinski definition) is 1. The second kappa shape index (κ2) is 7.92. The molecule has 1 atom stereocenters. The van der Waals surface area contributed by atoms with Crippen molar-refractivity contribution in [2.45, 2.75) is 58.3 Å². The van der Waals surface area contributed by atoms with Gasteiger partial charge in [0.05, 0.1) is 0 Å². The maximum atomic E-state index is 11.8. The molecule has 1 N–H and O–H groups in total. The quantitative estimate of drug-likeness (QED) is 0.719. The highest BCUT2D eigenvalue weighted by Gasteiger charge is 2.24. The summed E-state index contributed by atoms with van der Waals surface area (Å²) in [5.74, 6) is -0.675. The van der Waals surface area contributed by atoms with Crippen LogP contribution in [0.25, 0.3) is 0 Å². The minimum atomic E-state index is -0.791. The van der Waals surface area contributed by atoms with Gasteiger partial charge in [-0.05, 0) is 31.6 Å². The summed E-state index contributed by atoms with van der Waals surface area (Å²) in [4.78, 5) is 35.5. The van der Waals surface area contributed by atoms with Crippen molar-refractivity contribution in [1.82, 2.24) is 4.90 Å². The minimum Gasteiger partial charge on any atom is -0.481 e. The summed E-state index contributed by atoms with van der Waals surface area (Å²) >= 11 is 0. The summed E-state index contributed by atoms with van der Waals surface area (Å²) in [6, 6.07) is 0. The average molecular weight is 269 g/mol. The first-order chi connectivity index (χ1) is 9.04. The zero-order valence-electron chi connectivity index (χ0n) is 11.6. The van der Waals surface area contributed by atoms with Gasteiger partial charge in [-0.1, -0.05) is 13.3 Å². The molecule has 0 saturated carbocycles. The van der Waals surface area contributed by atoms with Gasteiger partial charge in [0.15, 0.2) is 0 Å². The van der Waals surface area contributed by atoms with Crippen LogP contribution in [0, 0.1) is 5.92 Å². The smallest absolute Gasteiger partial charge is 0.303 e. The predicted octanol–water partition coefficient (Wildman–Crippen LogP) is 2.20. The van der Waals surface area contributed by atoms with E-state index in [4.69, 9.17) is 5.11 Å². The van der Waals surface area contributed by atoms with E-state index in [9.17, 15) is 14.4 Å². The molecule has 0 bridgehead atoms. The topological polar surface area (TPSA) is 74.7 Å². The highest BCUT2D eigenvalue weighted by atomic mass is 16.4. The standard InChI is InChI=1S/C14H23NO4/c1-2-11(7-8-14(18)19)9-10-15-12(16)5-3-4-6-13(15)17/h11H,2-10H2,1H3,(H,18,19). The monoisotopic (exact) mass is 269 g/mol. The molecule has 1 heterocycles. The second-order valence-corrected chi connectivity index (χ2v) is 5.14. The fourth-order valence-electron chi connectivity index (χ4n) is 2.40. The predicted molar refractivity (Wildman–Crippen MR) is 70.5 cm³/mol. The number of nitrogens with zero attached hydrogens (tertiary/aromatic N) is 1. The number of carbonyl (C=O) groups is 3. The van der Waals surface area contributed by atoms with Crippen LogP contribution in [0.4, 0.5) is 0 Å². The van der Waals surface area contributed by atoms with Crippen LogP contribution in [0.15, 0.2) is 0 Å². The van der Waals surface area contributed by atoms with Crippen molar-refractivity contribution in [3.63, 3.8) is 0 Å². The molecule has 1 rings (SSSR count). The van der Waals surface area contributed by atoms with E-state index in [1.807, 2.05) is 6.92 Å². The molecular weight excluding hydrogens is 246 g/mol. The second-order valence-electron chi connectivity index (χ2n) is 5.14. The first kappa shape index (κ1) is 15.7. The van der Waals surface area contributed by atoms with E-state index in [2.05, 4.69) is 0 Å². The molecule has 1 unspecified atom stereocenters. The van der Waals surface area contributed by atoms with Crippen LogP contribution in [0.2, 0.25) is 0 Å². The highest BCUT2D eigenvalue weighted by molar-refractivity contribution is 5.95. The van der Waals surface area contributed by atoms with Gasteiger partial charge < -0.3 is 5.11 Å². The summed E-state index contributed by atoms with van der Waals surface area (Å²) < 4.78 is 0. The van der Waals surface area contributed by atoms with Crippen molar-refractivity contribution in [2.75, 3.05) is 6.54 Å². The average Bonchev–Trinajstić information content (AvgIpc) is 2.52. The Morgan fingerprint density at radius 1 is 1.21 bits per heavy atom. The van der Waals surface area contributed by atoms with Gasteiger partial charge in [-0.15, -0.1) is 0 Å². The first-order valence-electron chi connectivity index (χ1n) is 7.09. The van der Waals surface area contributed by atoms with E-state index in [-0.39, 0.29) is 24.2 Å². The number of likely N-dealkylation sites (tertiary alicyclic amines) is 1. The Bertz CT molecular complexity index is 322. The Morgan fingerprint density at radius 2 is 1.79 bits per heavy atom. The number of aliphatic carboxylic acids is 1.